The van der Waals surface area contributed by atoms with Crippen LogP contribution in [0.1, 0.15) is 27.2 Å². The predicted octanol–water partition coefficient (Wildman–Crippen LogP) is 0.300. The third kappa shape index (κ3) is 5.55. The Kier molecular flexibility index (Phi) is 5.81. The molecule has 0 heterocycles. The second-order valence-corrected chi connectivity index (χ2v) is 4.37. The van der Waals surface area contributed by atoms with Crippen LogP contribution in [0.4, 0.5) is 0 Å². The van der Waals surface area contributed by atoms with Crippen molar-refractivity contribution in [2.45, 2.75) is 32.8 Å². The summed E-state index contributed by atoms with van der Waals surface area (Å²) in [6.45, 7) is 5.77. The monoisotopic (exact) mass is 231 g/mol. The minimum absolute atomic E-state index is 0.103. The fourth-order valence-corrected chi connectivity index (χ4v) is 0.991. The second-order valence-electron chi connectivity index (χ2n) is 4.37. The molecular weight excluding hydrogens is 210 g/mol. The van der Waals surface area contributed by atoms with Gasteiger partial charge in [0.15, 0.2) is 0 Å². The molecule has 1 amide bonds. The van der Waals surface area contributed by atoms with Gasteiger partial charge in [-0.2, -0.15) is 0 Å². The molecule has 1 atom stereocenters. The summed E-state index contributed by atoms with van der Waals surface area (Å²) < 4.78 is 5.13. The molecule has 1 unspecified atom stereocenters. The highest BCUT2D eigenvalue weighted by molar-refractivity contribution is 5.83. The van der Waals surface area contributed by atoms with Crippen molar-refractivity contribution in [2.24, 2.45) is 16.8 Å². The highest BCUT2D eigenvalue weighted by Crippen LogP contribution is 2.12. The lowest BCUT2D eigenvalue weighted by atomic mass is 10.0. The van der Waals surface area contributed by atoms with Gasteiger partial charge in [0.1, 0.15) is 5.84 Å². The van der Waals surface area contributed by atoms with Gasteiger partial charge in [0, 0.05) is 19.6 Å². The molecule has 0 spiro atoms. The molecule has 6 heteroatoms. The minimum atomic E-state index is -0.482. The van der Waals surface area contributed by atoms with E-state index in [0.29, 0.717) is 6.54 Å². The Labute approximate surface area is 95.8 Å². The zero-order chi connectivity index (χ0) is 12.8. The molecule has 0 fully saturated rings. The third-order valence-electron chi connectivity index (χ3n) is 2.36. The first-order chi connectivity index (χ1) is 7.32. The standard InChI is InChI=1S/C10H21N3O3/c1-7(9(11)13-15)6-12-8(14)5-10(2,3)16-4/h7,15H,5-6H2,1-4H3,(H2,11,13)(H,12,14). The third-order valence-corrected chi connectivity index (χ3v) is 2.36. The number of amidine groups is 1. The fraction of sp³-hybridized carbons (Fsp3) is 0.800. The molecule has 0 rings (SSSR count). The summed E-state index contributed by atoms with van der Waals surface area (Å²) in [5.74, 6) is -0.213. The van der Waals surface area contributed by atoms with Crippen molar-refractivity contribution in [1.82, 2.24) is 5.32 Å². The van der Waals surface area contributed by atoms with E-state index in [1.54, 1.807) is 14.0 Å². The molecule has 0 bridgehead atoms. The maximum absolute atomic E-state index is 11.5. The summed E-state index contributed by atoms with van der Waals surface area (Å²) in [5.41, 5.74) is 4.90. The molecule has 0 aliphatic rings. The topological polar surface area (TPSA) is 96.9 Å². The average Bonchev–Trinajstić information content (AvgIpc) is 2.24. The lowest BCUT2D eigenvalue weighted by Crippen LogP contribution is -2.38. The normalized spacial score (nSPS) is 14.6. The van der Waals surface area contributed by atoms with E-state index in [-0.39, 0.29) is 24.1 Å². The van der Waals surface area contributed by atoms with E-state index in [1.807, 2.05) is 13.8 Å². The molecular formula is C10H21N3O3. The summed E-state index contributed by atoms with van der Waals surface area (Å²) in [6.07, 6.45) is 0.270. The van der Waals surface area contributed by atoms with Crippen molar-refractivity contribution in [3.05, 3.63) is 0 Å². The molecule has 94 valence electrons. The van der Waals surface area contributed by atoms with E-state index in [2.05, 4.69) is 10.5 Å². The van der Waals surface area contributed by atoms with Crippen LogP contribution in [0.5, 0.6) is 0 Å². The summed E-state index contributed by atoms with van der Waals surface area (Å²) in [7, 11) is 1.56. The van der Waals surface area contributed by atoms with Gasteiger partial charge in [-0.3, -0.25) is 4.79 Å². The van der Waals surface area contributed by atoms with Crippen LogP contribution < -0.4 is 11.1 Å². The van der Waals surface area contributed by atoms with E-state index >= 15 is 0 Å². The number of amides is 1. The Morgan fingerprint density at radius 1 is 1.62 bits per heavy atom. The number of ether oxygens (including phenoxy) is 1. The van der Waals surface area contributed by atoms with Gasteiger partial charge >= 0.3 is 0 Å². The lowest BCUT2D eigenvalue weighted by molar-refractivity contribution is -0.126. The quantitative estimate of drug-likeness (QED) is 0.265. The van der Waals surface area contributed by atoms with Crippen molar-refractivity contribution in [3.63, 3.8) is 0 Å². The van der Waals surface area contributed by atoms with Crippen molar-refractivity contribution in [2.75, 3.05) is 13.7 Å². The first-order valence-electron chi connectivity index (χ1n) is 5.11. The highest BCUT2D eigenvalue weighted by Gasteiger charge is 2.21. The SMILES string of the molecule is COC(C)(C)CC(=O)NCC(C)C(N)=NO. The predicted molar refractivity (Wildman–Crippen MR) is 61.3 cm³/mol. The Hall–Kier alpha value is -1.30. The first kappa shape index (κ1) is 14.7. The minimum Gasteiger partial charge on any atom is -0.409 e. The number of nitrogens with zero attached hydrogens (tertiary/aromatic N) is 1. The van der Waals surface area contributed by atoms with Crippen molar-refractivity contribution in [1.29, 1.82) is 0 Å². The zero-order valence-electron chi connectivity index (χ0n) is 10.3. The van der Waals surface area contributed by atoms with Gasteiger partial charge in [-0.15, -0.1) is 0 Å². The summed E-state index contributed by atoms with van der Waals surface area (Å²) in [5, 5.41) is 14.0. The van der Waals surface area contributed by atoms with Gasteiger partial charge < -0.3 is 21.0 Å². The van der Waals surface area contributed by atoms with Crippen molar-refractivity contribution in [3.8, 4) is 0 Å². The van der Waals surface area contributed by atoms with Gasteiger partial charge in [-0.1, -0.05) is 12.1 Å². The van der Waals surface area contributed by atoms with E-state index in [1.165, 1.54) is 0 Å². The van der Waals surface area contributed by atoms with Crippen LogP contribution >= 0.6 is 0 Å². The van der Waals surface area contributed by atoms with Gasteiger partial charge in [0.25, 0.3) is 0 Å². The summed E-state index contributed by atoms with van der Waals surface area (Å²) >= 11 is 0. The number of rotatable bonds is 6. The Balaban J connectivity index is 4.00. The molecule has 0 aromatic rings. The number of hydrogen-bond donors (Lipinski definition) is 3. The molecule has 0 saturated carbocycles. The molecule has 16 heavy (non-hydrogen) atoms. The van der Waals surface area contributed by atoms with Gasteiger partial charge in [-0.25, -0.2) is 0 Å². The number of carbonyl (C=O) groups excluding carboxylic acids is 1. The molecule has 0 aliphatic carbocycles. The van der Waals surface area contributed by atoms with Crippen LogP contribution in [-0.4, -0.2) is 36.2 Å². The molecule has 0 aromatic heterocycles. The van der Waals surface area contributed by atoms with E-state index in [0.717, 1.165) is 0 Å². The van der Waals surface area contributed by atoms with E-state index in [9.17, 15) is 4.79 Å². The Morgan fingerprint density at radius 3 is 2.62 bits per heavy atom. The van der Waals surface area contributed by atoms with Gasteiger partial charge in [-0.05, 0) is 13.8 Å². The van der Waals surface area contributed by atoms with Gasteiger partial charge in [0.05, 0.1) is 12.0 Å². The Morgan fingerprint density at radius 2 is 2.19 bits per heavy atom. The van der Waals surface area contributed by atoms with E-state index < -0.39 is 5.60 Å². The number of hydrogen-bond acceptors (Lipinski definition) is 4. The molecule has 0 aromatic carbocycles. The largest absolute Gasteiger partial charge is 0.409 e. The summed E-state index contributed by atoms with van der Waals surface area (Å²) in [6, 6.07) is 0. The first-order valence-corrected chi connectivity index (χ1v) is 5.11. The summed E-state index contributed by atoms with van der Waals surface area (Å²) in [4.78, 5) is 11.5. The van der Waals surface area contributed by atoms with Crippen LogP contribution in [0.15, 0.2) is 5.16 Å². The lowest BCUT2D eigenvalue weighted by Gasteiger charge is -2.22. The van der Waals surface area contributed by atoms with Crippen LogP contribution in [0.3, 0.4) is 0 Å². The van der Waals surface area contributed by atoms with Crippen molar-refractivity contribution >= 4 is 11.7 Å². The maximum Gasteiger partial charge on any atom is 0.222 e. The van der Waals surface area contributed by atoms with Crippen LogP contribution in [0.2, 0.25) is 0 Å². The highest BCUT2D eigenvalue weighted by atomic mass is 16.5. The maximum atomic E-state index is 11.5. The fourth-order valence-electron chi connectivity index (χ4n) is 0.991. The molecule has 0 radical (unpaired) electrons. The molecule has 0 saturated heterocycles. The van der Waals surface area contributed by atoms with Crippen LogP contribution in [-0.2, 0) is 9.53 Å². The van der Waals surface area contributed by atoms with Gasteiger partial charge in [0.2, 0.25) is 5.91 Å². The van der Waals surface area contributed by atoms with Crippen LogP contribution in [0, 0.1) is 5.92 Å². The smallest absolute Gasteiger partial charge is 0.222 e. The molecule has 0 aliphatic heterocycles. The average molecular weight is 231 g/mol. The number of methoxy groups -OCH3 is 1. The molecule has 4 N–H and O–H groups in total. The zero-order valence-corrected chi connectivity index (χ0v) is 10.3. The number of oxime groups is 1. The van der Waals surface area contributed by atoms with Crippen LogP contribution in [0.25, 0.3) is 0 Å². The second kappa shape index (κ2) is 6.32. The van der Waals surface area contributed by atoms with E-state index in [4.69, 9.17) is 15.7 Å². The Bertz CT molecular complexity index is 264. The number of carbonyl (C=O) groups is 1. The van der Waals surface area contributed by atoms with Crippen molar-refractivity contribution < 1.29 is 14.7 Å². The molecule has 6 nitrogen and oxygen atoms in total. The number of nitrogens with one attached hydrogen (secondary N) is 1. The number of nitrogens with two attached hydrogens (primary N) is 1.